The van der Waals surface area contributed by atoms with Crippen LogP contribution >= 0.6 is 11.3 Å². The minimum atomic E-state index is 0.665. The van der Waals surface area contributed by atoms with Crippen molar-refractivity contribution >= 4 is 11.3 Å². The summed E-state index contributed by atoms with van der Waals surface area (Å²) in [5.41, 5.74) is 2.19. The monoisotopic (exact) mass is 263 g/mol. The van der Waals surface area contributed by atoms with Crippen LogP contribution < -0.4 is 0 Å². The molecule has 2 heterocycles. The highest BCUT2D eigenvalue weighted by Gasteiger charge is 2.54. The van der Waals surface area contributed by atoms with E-state index in [0.717, 1.165) is 24.5 Å². The van der Waals surface area contributed by atoms with E-state index < -0.39 is 0 Å². The average Bonchev–Trinajstić information content (AvgIpc) is 3.07. The van der Waals surface area contributed by atoms with E-state index in [1.807, 2.05) is 11.3 Å². The quantitative estimate of drug-likeness (QED) is 0.804. The lowest BCUT2D eigenvalue weighted by atomic mass is 9.72. The van der Waals surface area contributed by atoms with Crippen LogP contribution in [0.3, 0.4) is 0 Å². The van der Waals surface area contributed by atoms with Crippen LogP contribution in [-0.2, 0) is 4.74 Å². The van der Waals surface area contributed by atoms with Gasteiger partial charge in [0.05, 0.1) is 10.7 Å². The van der Waals surface area contributed by atoms with E-state index in [1.165, 1.54) is 54.1 Å². The van der Waals surface area contributed by atoms with E-state index in [4.69, 9.17) is 9.72 Å². The number of aromatic nitrogens is 1. The maximum Gasteiger partial charge on any atom is 0.0962 e. The van der Waals surface area contributed by atoms with Gasteiger partial charge >= 0.3 is 0 Å². The Balaban J connectivity index is 1.51. The van der Waals surface area contributed by atoms with Gasteiger partial charge in [-0.15, -0.1) is 11.3 Å². The Hall–Kier alpha value is -0.410. The second kappa shape index (κ2) is 4.04. The van der Waals surface area contributed by atoms with Crippen molar-refractivity contribution < 1.29 is 4.74 Å². The number of hydrogen-bond acceptors (Lipinski definition) is 3. The highest BCUT2D eigenvalue weighted by Crippen LogP contribution is 2.66. The molecule has 3 heteroatoms. The van der Waals surface area contributed by atoms with E-state index in [1.54, 1.807) is 0 Å². The Kier molecular flexibility index (Phi) is 2.56. The summed E-state index contributed by atoms with van der Waals surface area (Å²) in [6.07, 6.45) is 8.15. The molecule has 2 aliphatic carbocycles. The zero-order chi connectivity index (χ0) is 12.2. The Morgan fingerprint density at radius 1 is 1.17 bits per heavy atom. The molecule has 0 N–H and O–H groups in total. The van der Waals surface area contributed by atoms with Crippen molar-refractivity contribution in [1.82, 2.24) is 4.98 Å². The molecule has 18 heavy (non-hydrogen) atoms. The third-order valence-corrected chi connectivity index (χ3v) is 6.27. The van der Waals surface area contributed by atoms with Crippen LogP contribution in [0, 0.1) is 12.3 Å². The van der Waals surface area contributed by atoms with Crippen molar-refractivity contribution in [3.05, 3.63) is 15.6 Å². The summed E-state index contributed by atoms with van der Waals surface area (Å²) in [6.45, 7) is 4.10. The zero-order valence-electron chi connectivity index (χ0n) is 11.1. The molecule has 4 rings (SSSR count). The first-order valence-electron chi connectivity index (χ1n) is 7.31. The first-order chi connectivity index (χ1) is 8.76. The lowest BCUT2D eigenvalue weighted by molar-refractivity contribution is 0.0844. The average molecular weight is 263 g/mol. The predicted octanol–water partition coefficient (Wildman–Crippen LogP) is 4.00. The van der Waals surface area contributed by atoms with E-state index in [9.17, 15) is 0 Å². The molecule has 0 unspecified atom stereocenters. The second-order valence-electron chi connectivity index (χ2n) is 6.49. The van der Waals surface area contributed by atoms with Crippen molar-refractivity contribution in [2.75, 3.05) is 13.2 Å². The number of rotatable bonds is 2. The molecule has 3 fully saturated rings. The smallest absolute Gasteiger partial charge is 0.0962 e. The molecule has 0 amide bonds. The van der Waals surface area contributed by atoms with Crippen LogP contribution in [-0.4, -0.2) is 18.2 Å². The van der Waals surface area contributed by atoms with Gasteiger partial charge in [-0.1, -0.05) is 0 Å². The number of nitrogens with zero attached hydrogens (tertiary/aromatic N) is 1. The Morgan fingerprint density at radius 3 is 2.56 bits per heavy atom. The van der Waals surface area contributed by atoms with Gasteiger partial charge in [0.1, 0.15) is 0 Å². The summed E-state index contributed by atoms with van der Waals surface area (Å²) in [6, 6.07) is 0. The van der Waals surface area contributed by atoms with Crippen LogP contribution in [0.4, 0.5) is 0 Å². The van der Waals surface area contributed by atoms with Crippen LogP contribution in [0.25, 0.3) is 0 Å². The van der Waals surface area contributed by atoms with Gasteiger partial charge in [-0.2, -0.15) is 0 Å². The van der Waals surface area contributed by atoms with Gasteiger partial charge in [0.25, 0.3) is 0 Å². The largest absolute Gasteiger partial charge is 0.381 e. The summed E-state index contributed by atoms with van der Waals surface area (Å²) in [4.78, 5) is 6.48. The highest BCUT2D eigenvalue weighted by molar-refractivity contribution is 7.11. The van der Waals surface area contributed by atoms with Crippen molar-refractivity contribution in [1.29, 1.82) is 0 Å². The van der Waals surface area contributed by atoms with E-state index in [2.05, 4.69) is 6.92 Å². The standard InChI is InChI=1S/C15H21NOS/c1-10-13(11-2-6-17-7-3-11)16-14(18-10)12-8-15(9-12)4-5-15/h11-12H,2-9H2,1H3. The Morgan fingerprint density at radius 2 is 1.89 bits per heavy atom. The van der Waals surface area contributed by atoms with Crippen LogP contribution in [0.1, 0.15) is 65.9 Å². The molecule has 1 spiro atoms. The second-order valence-corrected chi connectivity index (χ2v) is 7.72. The number of ether oxygens (including phenoxy) is 1. The molecule has 1 aromatic rings. The molecular weight excluding hydrogens is 242 g/mol. The summed E-state index contributed by atoms with van der Waals surface area (Å²) in [5.74, 6) is 1.46. The third kappa shape index (κ3) is 1.83. The van der Waals surface area contributed by atoms with Crippen molar-refractivity contribution in [3.8, 4) is 0 Å². The van der Waals surface area contributed by atoms with E-state index >= 15 is 0 Å². The molecule has 2 nitrogen and oxygen atoms in total. The maximum absolute atomic E-state index is 5.46. The summed E-state index contributed by atoms with van der Waals surface area (Å²) < 4.78 is 5.46. The summed E-state index contributed by atoms with van der Waals surface area (Å²) in [5, 5.41) is 1.44. The number of aryl methyl sites for hydroxylation is 1. The lowest BCUT2D eigenvalue weighted by Crippen LogP contribution is -2.23. The SMILES string of the molecule is Cc1sc(C2CC3(CC3)C2)nc1C1CCOCC1. The van der Waals surface area contributed by atoms with Gasteiger partial charge in [0.2, 0.25) is 0 Å². The van der Waals surface area contributed by atoms with Crippen molar-refractivity contribution in [2.45, 2.75) is 57.3 Å². The third-order valence-electron chi connectivity index (χ3n) is 5.12. The summed E-state index contributed by atoms with van der Waals surface area (Å²) in [7, 11) is 0. The van der Waals surface area contributed by atoms with Crippen molar-refractivity contribution in [3.63, 3.8) is 0 Å². The van der Waals surface area contributed by atoms with Crippen LogP contribution in [0.5, 0.6) is 0 Å². The van der Waals surface area contributed by atoms with Gasteiger partial charge in [-0.3, -0.25) is 0 Å². The molecule has 1 aliphatic heterocycles. The predicted molar refractivity (Wildman–Crippen MR) is 73.3 cm³/mol. The Bertz CT molecular complexity index is 449. The Labute approximate surface area is 113 Å². The molecule has 3 aliphatic rings. The minimum absolute atomic E-state index is 0.665. The molecule has 0 bridgehead atoms. The van der Waals surface area contributed by atoms with Crippen LogP contribution in [0.2, 0.25) is 0 Å². The number of thiazole rings is 1. The first-order valence-corrected chi connectivity index (χ1v) is 8.12. The molecule has 0 atom stereocenters. The maximum atomic E-state index is 5.46. The van der Waals surface area contributed by atoms with E-state index in [0.29, 0.717) is 5.92 Å². The normalized spacial score (nSPS) is 27.4. The fraction of sp³-hybridized carbons (Fsp3) is 0.800. The molecular formula is C15H21NOS. The molecule has 0 aromatic carbocycles. The first kappa shape index (κ1) is 11.4. The summed E-state index contributed by atoms with van der Waals surface area (Å²) >= 11 is 1.97. The van der Waals surface area contributed by atoms with Gasteiger partial charge in [-0.05, 0) is 50.9 Å². The van der Waals surface area contributed by atoms with Crippen molar-refractivity contribution in [2.24, 2.45) is 5.41 Å². The molecule has 1 saturated heterocycles. The molecule has 1 aromatic heterocycles. The lowest BCUT2D eigenvalue weighted by Gasteiger charge is -2.34. The van der Waals surface area contributed by atoms with Gasteiger partial charge in [0, 0.05) is 29.9 Å². The van der Waals surface area contributed by atoms with Gasteiger partial charge in [0.15, 0.2) is 0 Å². The minimum Gasteiger partial charge on any atom is -0.381 e. The fourth-order valence-electron chi connectivity index (χ4n) is 3.70. The van der Waals surface area contributed by atoms with E-state index in [-0.39, 0.29) is 0 Å². The van der Waals surface area contributed by atoms with Crippen LogP contribution in [0.15, 0.2) is 0 Å². The van der Waals surface area contributed by atoms with Gasteiger partial charge in [-0.25, -0.2) is 4.98 Å². The molecule has 0 radical (unpaired) electrons. The topological polar surface area (TPSA) is 22.1 Å². The highest BCUT2D eigenvalue weighted by atomic mass is 32.1. The van der Waals surface area contributed by atoms with Gasteiger partial charge < -0.3 is 4.74 Å². The molecule has 98 valence electrons. The fourth-order valence-corrected chi connectivity index (χ4v) is 4.81. The number of hydrogen-bond donors (Lipinski definition) is 0. The molecule has 2 saturated carbocycles. The zero-order valence-corrected chi connectivity index (χ0v) is 11.9.